The van der Waals surface area contributed by atoms with Crippen LogP contribution in [0.1, 0.15) is 19.8 Å². The molecule has 2 aliphatic rings. The summed E-state index contributed by atoms with van der Waals surface area (Å²) in [6.07, 6.45) is 2.28. The van der Waals surface area contributed by atoms with Crippen LogP contribution >= 0.6 is 0 Å². The molecule has 1 saturated heterocycles. The largest absolute Gasteiger partial charge is 0.494 e. The molecule has 4 N–H and O–H groups in total. The number of allylic oxidation sites excluding steroid dienone is 1. The molecular weight excluding hydrogens is 664 g/mol. The molecule has 7 rings (SSSR count). The van der Waals surface area contributed by atoms with Crippen molar-refractivity contribution in [3.05, 3.63) is 78.5 Å². The van der Waals surface area contributed by atoms with Crippen molar-refractivity contribution in [1.82, 2.24) is 24.7 Å². The number of aliphatic imine (C=N–C) groups is 1. The summed E-state index contributed by atoms with van der Waals surface area (Å²) < 4.78 is 59.2. The monoisotopic (exact) mass is 702 g/mol. The summed E-state index contributed by atoms with van der Waals surface area (Å²) in [5, 5.41) is 9.01. The highest BCUT2D eigenvalue weighted by molar-refractivity contribution is 7.86. The maximum absolute atomic E-state index is 12.4. The third kappa shape index (κ3) is 6.99. The normalized spacial score (nSPS) is 19.0. The molecule has 1 fully saturated rings. The van der Waals surface area contributed by atoms with Gasteiger partial charge >= 0.3 is 0 Å². The van der Waals surface area contributed by atoms with Crippen molar-refractivity contribution in [2.45, 2.75) is 37.3 Å². The van der Waals surface area contributed by atoms with E-state index in [1.54, 1.807) is 58.3 Å². The molecule has 16 heteroatoms. The lowest BCUT2D eigenvalue weighted by Gasteiger charge is -2.39. The number of para-hydroxylation sites is 2. The lowest BCUT2D eigenvalue weighted by atomic mass is 10.0. The topological polar surface area (TPSA) is 192 Å². The summed E-state index contributed by atoms with van der Waals surface area (Å²) in [6.45, 7) is 2.18. The average Bonchev–Trinajstić information content (AvgIpc) is 3.74. The number of nitrogens with two attached hydrogens (primary N) is 1. The van der Waals surface area contributed by atoms with Gasteiger partial charge in [0.25, 0.3) is 10.1 Å². The van der Waals surface area contributed by atoms with Gasteiger partial charge < -0.3 is 29.7 Å². The lowest BCUT2D eigenvalue weighted by Crippen LogP contribution is -2.53. The summed E-state index contributed by atoms with van der Waals surface area (Å²) >= 11 is 0. The van der Waals surface area contributed by atoms with Crippen molar-refractivity contribution >= 4 is 39.0 Å². The van der Waals surface area contributed by atoms with Crippen molar-refractivity contribution in [1.29, 1.82) is 0 Å². The van der Waals surface area contributed by atoms with E-state index < -0.39 is 27.6 Å². The minimum atomic E-state index is -4.43. The quantitative estimate of drug-likeness (QED) is 0.190. The molecule has 0 amide bonds. The zero-order valence-corrected chi connectivity index (χ0v) is 28.7. The van der Waals surface area contributed by atoms with Gasteiger partial charge in [0.05, 0.1) is 21.3 Å². The van der Waals surface area contributed by atoms with Crippen LogP contribution in [0, 0.1) is 0 Å². The summed E-state index contributed by atoms with van der Waals surface area (Å²) in [7, 11) is 0.170. The van der Waals surface area contributed by atoms with E-state index in [1.807, 2.05) is 37.3 Å². The number of nitrogen functional groups attached to an aromatic ring is 1. The number of anilines is 2. The Labute approximate surface area is 289 Å². The first-order valence-corrected chi connectivity index (χ1v) is 17.2. The van der Waals surface area contributed by atoms with Crippen LogP contribution in [0.4, 0.5) is 11.8 Å². The molecule has 2 aliphatic heterocycles. The predicted octanol–water partition coefficient (Wildman–Crippen LogP) is 4.66. The predicted molar refractivity (Wildman–Crippen MR) is 190 cm³/mol. The highest BCUT2D eigenvalue weighted by Crippen LogP contribution is 2.40. The Morgan fingerprint density at radius 1 is 0.980 bits per heavy atom. The number of hydrogen-bond donors (Lipinski definition) is 3. The molecule has 50 heavy (non-hydrogen) atoms. The van der Waals surface area contributed by atoms with Gasteiger partial charge in [-0.3, -0.25) is 19.0 Å². The van der Waals surface area contributed by atoms with Crippen molar-refractivity contribution < 1.29 is 31.9 Å². The van der Waals surface area contributed by atoms with E-state index in [4.69, 9.17) is 24.7 Å². The Kier molecular flexibility index (Phi) is 10.0. The number of ether oxygens (including phenoxy) is 4. The Bertz CT molecular complexity index is 2090. The molecule has 1 unspecified atom stereocenters. The second kappa shape index (κ2) is 14.6. The fourth-order valence-corrected chi connectivity index (χ4v) is 7.02. The smallest absolute Gasteiger partial charge is 0.270 e. The number of aromatic amines is 1. The minimum absolute atomic E-state index is 0.234. The van der Waals surface area contributed by atoms with Crippen LogP contribution in [0.15, 0.2) is 83.5 Å². The zero-order valence-electron chi connectivity index (χ0n) is 27.9. The fraction of sp³-hybridized carbons (Fsp3) is 0.294. The molecule has 0 bridgehead atoms. The van der Waals surface area contributed by atoms with Crippen LogP contribution in [0.25, 0.3) is 28.1 Å². The fourth-order valence-electron chi connectivity index (χ4n) is 6.00. The van der Waals surface area contributed by atoms with Gasteiger partial charge in [-0.15, -0.1) is 10.2 Å². The highest BCUT2D eigenvalue weighted by atomic mass is 32.2. The van der Waals surface area contributed by atoms with E-state index in [2.05, 4.69) is 25.2 Å². The van der Waals surface area contributed by atoms with Gasteiger partial charge in [0, 0.05) is 36.0 Å². The van der Waals surface area contributed by atoms with Crippen LogP contribution < -0.4 is 24.8 Å². The Morgan fingerprint density at radius 3 is 2.42 bits per heavy atom. The highest BCUT2D eigenvalue weighted by Gasteiger charge is 2.44. The molecule has 0 radical (unpaired) electrons. The standard InChI is InChI=1S/C26H30N6O7S.C8H8N2/c1-16-14-27-25(23-20(40(33,34)35)11-7-13-39-23)31(15-16)26-30-29-24(17-8-5-12-21(28-17)38-4)32(26)22-18(36-2)9-6-10-19(22)37-3;9-8-5-6-3-1-2-4-7(6)10-8/h5-6,8-10,12,14-15,20,23,25H,7,11,13H2,1-4H3,(H,33,34,35);1-5,10H,9H2/t20-,23+,25?;/m1./s1. The summed E-state index contributed by atoms with van der Waals surface area (Å²) in [5.41, 5.74) is 8.35. The minimum Gasteiger partial charge on any atom is -0.494 e. The Hall–Kier alpha value is -5.45. The second-order valence-electron chi connectivity index (χ2n) is 11.6. The van der Waals surface area contributed by atoms with E-state index in [9.17, 15) is 13.0 Å². The van der Waals surface area contributed by atoms with Crippen molar-refractivity contribution in [2.75, 3.05) is 38.6 Å². The van der Waals surface area contributed by atoms with Crippen LogP contribution in [-0.4, -0.2) is 89.4 Å². The van der Waals surface area contributed by atoms with Crippen molar-refractivity contribution in [2.24, 2.45) is 4.99 Å². The van der Waals surface area contributed by atoms with E-state index >= 15 is 0 Å². The van der Waals surface area contributed by atoms with E-state index in [0.29, 0.717) is 47.6 Å². The van der Waals surface area contributed by atoms with Gasteiger partial charge in [-0.1, -0.05) is 30.3 Å². The van der Waals surface area contributed by atoms with Gasteiger partial charge in [0.1, 0.15) is 40.1 Å². The summed E-state index contributed by atoms with van der Waals surface area (Å²) in [5.74, 6) is 2.64. The Balaban J connectivity index is 0.000000367. The zero-order chi connectivity index (χ0) is 35.4. The first kappa shape index (κ1) is 34.4. The Morgan fingerprint density at radius 2 is 1.72 bits per heavy atom. The molecule has 3 aromatic heterocycles. The van der Waals surface area contributed by atoms with Crippen molar-refractivity contribution in [3.8, 4) is 34.6 Å². The first-order valence-electron chi connectivity index (χ1n) is 15.7. The van der Waals surface area contributed by atoms with Gasteiger partial charge in [-0.25, -0.2) is 4.98 Å². The van der Waals surface area contributed by atoms with Crippen LogP contribution in [0.2, 0.25) is 0 Å². The lowest BCUT2D eigenvalue weighted by molar-refractivity contribution is 0.00312. The van der Waals surface area contributed by atoms with Crippen LogP contribution in [0.5, 0.6) is 17.4 Å². The number of fused-ring (bicyclic) bond motifs is 1. The molecule has 0 spiro atoms. The number of aromatic nitrogens is 5. The molecule has 0 aliphatic carbocycles. The number of nitrogens with one attached hydrogen (secondary N) is 1. The summed E-state index contributed by atoms with van der Waals surface area (Å²) in [6, 6.07) is 20.5. The third-order valence-electron chi connectivity index (χ3n) is 8.26. The molecule has 0 saturated carbocycles. The van der Waals surface area contributed by atoms with Gasteiger partial charge in [-0.2, -0.15) is 8.42 Å². The third-order valence-corrected chi connectivity index (χ3v) is 9.53. The number of benzene rings is 2. The molecular formula is C34H38N8O7S. The van der Waals surface area contributed by atoms with Gasteiger partial charge in [0.2, 0.25) is 11.8 Å². The number of hydrogen-bond acceptors (Lipinski definition) is 12. The number of methoxy groups -OCH3 is 3. The SMILES string of the molecule is COc1cccc(-c2nnc(N3C=C(C)C=NC3[C@H]3OCCC[C@H]3S(=O)(=O)O)n2-c2c(OC)cccc2OC)n1.Nc1cc2ccccc2[nH]1. The number of rotatable bonds is 8. The maximum atomic E-state index is 12.4. The van der Waals surface area contributed by atoms with E-state index in [-0.39, 0.29) is 12.4 Å². The average molecular weight is 703 g/mol. The first-order chi connectivity index (χ1) is 24.1. The van der Waals surface area contributed by atoms with Crippen molar-refractivity contribution in [3.63, 3.8) is 0 Å². The second-order valence-corrected chi connectivity index (χ2v) is 13.2. The number of nitrogens with zero attached hydrogens (tertiary/aromatic N) is 6. The number of H-pyrrole nitrogens is 1. The molecule has 3 atom stereocenters. The van der Waals surface area contributed by atoms with Gasteiger partial charge in [0.15, 0.2) is 12.0 Å². The molecule has 5 aromatic rings. The molecule has 5 heterocycles. The maximum Gasteiger partial charge on any atom is 0.270 e. The summed E-state index contributed by atoms with van der Waals surface area (Å²) in [4.78, 5) is 13.9. The number of pyridine rings is 1. The van der Waals surface area contributed by atoms with E-state index in [0.717, 1.165) is 16.9 Å². The molecule has 262 valence electrons. The van der Waals surface area contributed by atoms with Crippen LogP contribution in [-0.2, 0) is 14.9 Å². The molecule has 2 aromatic carbocycles. The van der Waals surface area contributed by atoms with E-state index in [1.165, 1.54) is 26.7 Å². The van der Waals surface area contributed by atoms with Gasteiger partial charge in [-0.05, 0) is 55.7 Å². The molecule has 15 nitrogen and oxygen atoms in total. The van der Waals surface area contributed by atoms with Crippen LogP contribution in [0.3, 0.4) is 0 Å².